The maximum Gasteiger partial charge on any atom is 0.416 e. The number of likely N-dealkylation sites (tertiary alicyclic amines) is 1. The number of benzene rings is 2. The number of urea groups is 1. The Kier molecular flexibility index (Phi) is 7.86. The molecule has 8 heteroatoms. The van der Waals surface area contributed by atoms with Crippen molar-refractivity contribution in [2.75, 3.05) is 45.1 Å². The summed E-state index contributed by atoms with van der Waals surface area (Å²) in [5.74, 6) is 2.11. The Bertz CT molecular complexity index is 902. The number of carbonyl (C=O) groups excluding carboxylic acids is 1. The Labute approximate surface area is 197 Å². The Balaban J connectivity index is 1.45. The van der Waals surface area contributed by atoms with E-state index in [2.05, 4.69) is 12.1 Å². The summed E-state index contributed by atoms with van der Waals surface area (Å²) < 4.78 is 44.4. The van der Waals surface area contributed by atoms with E-state index in [1.165, 1.54) is 5.56 Å². The van der Waals surface area contributed by atoms with E-state index in [0.29, 0.717) is 39.4 Å². The molecule has 0 saturated carbocycles. The summed E-state index contributed by atoms with van der Waals surface area (Å²) >= 11 is 1.84. The van der Waals surface area contributed by atoms with Gasteiger partial charge in [0.1, 0.15) is 0 Å². The highest BCUT2D eigenvalue weighted by atomic mass is 32.2. The first-order chi connectivity index (χ1) is 15.9. The predicted octanol–water partition coefficient (Wildman–Crippen LogP) is 5.50. The van der Waals surface area contributed by atoms with Crippen LogP contribution in [0.25, 0.3) is 0 Å². The molecule has 2 heterocycles. The van der Waals surface area contributed by atoms with E-state index in [4.69, 9.17) is 4.74 Å². The summed E-state index contributed by atoms with van der Waals surface area (Å²) in [7, 11) is 0. The number of halogens is 3. The fourth-order valence-electron chi connectivity index (χ4n) is 4.54. The lowest BCUT2D eigenvalue weighted by Crippen LogP contribution is -2.52. The zero-order valence-corrected chi connectivity index (χ0v) is 19.3. The summed E-state index contributed by atoms with van der Waals surface area (Å²) in [5.41, 5.74) is 1.48. The highest BCUT2D eigenvalue weighted by molar-refractivity contribution is 7.98. The molecule has 4 nitrogen and oxygen atoms in total. The number of carbonyl (C=O) groups is 1. The molecule has 2 aliphatic rings. The van der Waals surface area contributed by atoms with Gasteiger partial charge in [-0.2, -0.15) is 24.9 Å². The van der Waals surface area contributed by atoms with E-state index in [-0.39, 0.29) is 17.9 Å². The Morgan fingerprint density at radius 1 is 0.970 bits per heavy atom. The molecule has 2 aromatic rings. The smallest absolute Gasteiger partial charge is 0.378 e. The second kappa shape index (κ2) is 10.8. The molecule has 0 bridgehead atoms. The third-order valence-corrected chi connectivity index (χ3v) is 7.51. The van der Waals surface area contributed by atoms with Crippen molar-refractivity contribution in [1.82, 2.24) is 9.80 Å². The van der Waals surface area contributed by atoms with Crippen molar-refractivity contribution in [3.63, 3.8) is 0 Å². The number of hydrogen-bond acceptors (Lipinski definition) is 3. The molecule has 4 rings (SSSR count). The summed E-state index contributed by atoms with van der Waals surface area (Å²) in [6, 6.07) is 15.7. The van der Waals surface area contributed by atoms with Gasteiger partial charge in [-0.3, -0.25) is 0 Å². The fourth-order valence-corrected chi connectivity index (χ4v) is 5.66. The predicted molar refractivity (Wildman–Crippen MR) is 124 cm³/mol. The number of amides is 2. The van der Waals surface area contributed by atoms with Crippen LogP contribution in [0.5, 0.6) is 0 Å². The SMILES string of the molecule is O=C(N1CCOCC1)N1CC(CSCc2ccccc2)CC(c2ccc(C(F)(F)F)cc2)C1. The van der Waals surface area contributed by atoms with Crippen molar-refractivity contribution in [2.45, 2.75) is 24.3 Å². The zero-order valence-electron chi connectivity index (χ0n) is 18.5. The van der Waals surface area contributed by atoms with Gasteiger partial charge in [-0.15, -0.1) is 0 Å². The number of morpholine rings is 1. The second-order valence-electron chi connectivity index (χ2n) is 8.71. The Morgan fingerprint density at radius 3 is 2.33 bits per heavy atom. The minimum atomic E-state index is -4.35. The minimum Gasteiger partial charge on any atom is -0.378 e. The molecular formula is C25H29F3N2O2S. The molecular weight excluding hydrogens is 449 g/mol. The molecule has 0 aliphatic carbocycles. The molecule has 0 spiro atoms. The lowest BCUT2D eigenvalue weighted by molar-refractivity contribution is -0.137. The molecule has 2 unspecified atom stereocenters. The van der Waals surface area contributed by atoms with Gasteiger partial charge in [0.25, 0.3) is 0 Å². The number of hydrogen-bond donors (Lipinski definition) is 0. The number of alkyl halides is 3. The maximum absolute atomic E-state index is 13.2. The van der Waals surface area contributed by atoms with Crippen LogP contribution in [-0.2, 0) is 16.7 Å². The molecule has 0 N–H and O–H groups in total. The molecule has 2 amide bonds. The fraction of sp³-hybridized carbons (Fsp3) is 0.480. The first kappa shape index (κ1) is 24.0. The molecule has 0 aromatic heterocycles. The minimum absolute atomic E-state index is 0.00738. The van der Waals surface area contributed by atoms with Crippen LogP contribution < -0.4 is 0 Å². The van der Waals surface area contributed by atoms with Gasteiger partial charge in [0.2, 0.25) is 0 Å². The summed E-state index contributed by atoms with van der Waals surface area (Å²) in [6.07, 6.45) is -3.49. The van der Waals surface area contributed by atoms with Gasteiger partial charge in [0.15, 0.2) is 0 Å². The van der Waals surface area contributed by atoms with Crippen LogP contribution in [0.15, 0.2) is 54.6 Å². The molecule has 178 valence electrons. The first-order valence-electron chi connectivity index (χ1n) is 11.3. The molecule has 0 radical (unpaired) electrons. The summed E-state index contributed by atoms with van der Waals surface area (Å²) in [4.78, 5) is 16.9. The van der Waals surface area contributed by atoms with Crippen LogP contribution in [0.4, 0.5) is 18.0 Å². The lowest BCUT2D eigenvalue weighted by Gasteiger charge is -2.41. The second-order valence-corrected chi connectivity index (χ2v) is 9.74. The van der Waals surface area contributed by atoms with Crippen LogP contribution >= 0.6 is 11.8 Å². The normalized spacial score (nSPS) is 21.8. The van der Waals surface area contributed by atoms with Crippen molar-refractivity contribution in [2.24, 2.45) is 5.92 Å². The molecule has 2 saturated heterocycles. The molecule has 2 aromatic carbocycles. The molecule has 2 aliphatic heterocycles. The van der Waals surface area contributed by atoms with Crippen molar-refractivity contribution >= 4 is 17.8 Å². The van der Waals surface area contributed by atoms with Gasteiger partial charge in [-0.1, -0.05) is 42.5 Å². The monoisotopic (exact) mass is 478 g/mol. The van der Waals surface area contributed by atoms with Gasteiger partial charge in [0.05, 0.1) is 18.8 Å². The quantitative estimate of drug-likeness (QED) is 0.569. The van der Waals surface area contributed by atoms with Gasteiger partial charge < -0.3 is 14.5 Å². The van der Waals surface area contributed by atoms with E-state index in [0.717, 1.165) is 35.6 Å². The largest absolute Gasteiger partial charge is 0.416 e. The van der Waals surface area contributed by atoms with Gasteiger partial charge in [0, 0.05) is 37.8 Å². The van der Waals surface area contributed by atoms with E-state index < -0.39 is 11.7 Å². The van der Waals surface area contributed by atoms with E-state index in [9.17, 15) is 18.0 Å². The molecule has 2 fully saturated rings. The molecule has 33 heavy (non-hydrogen) atoms. The third kappa shape index (κ3) is 6.44. The average Bonchev–Trinajstić information content (AvgIpc) is 2.84. The van der Waals surface area contributed by atoms with Crippen LogP contribution in [0.3, 0.4) is 0 Å². The first-order valence-corrected chi connectivity index (χ1v) is 12.5. The summed E-state index contributed by atoms with van der Waals surface area (Å²) in [5, 5.41) is 0. The van der Waals surface area contributed by atoms with E-state index >= 15 is 0 Å². The number of piperidine rings is 1. The zero-order chi connectivity index (χ0) is 23.3. The number of thioether (sulfide) groups is 1. The standard InChI is InChI=1S/C25H29F3N2O2S/c26-25(27,28)23-8-6-21(7-9-23)22-14-20(18-33-17-19-4-2-1-3-5-19)15-30(16-22)24(31)29-10-12-32-13-11-29/h1-9,20,22H,10-18H2. The lowest BCUT2D eigenvalue weighted by atomic mass is 9.85. The topological polar surface area (TPSA) is 32.8 Å². The van der Waals surface area contributed by atoms with Gasteiger partial charge in [-0.25, -0.2) is 4.79 Å². The van der Waals surface area contributed by atoms with Crippen molar-refractivity contribution < 1.29 is 22.7 Å². The Morgan fingerprint density at radius 2 is 1.67 bits per heavy atom. The third-order valence-electron chi connectivity index (χ3n) is 6.26. The number of nitrogens with zero attached hydrogens (tertiary/aromatic N) is 2. The van der Waals surface area contributed by atoms with Crippen LogP contribution in [-0.4, -0.2) is 61.0 Å². The van der Waals surface area contributed by atoms with Crippen LogP contribution in [0.1, 0.15) is 29.0 Å². The van der Waals surface area contributed by atoms with Crippen molar-refractivity contribution in [3.05, 3.63) is 71.3 Å². The van der Waals surface area contributed by atoms with Crippen LogP contribution in [0.2, 0.25) is 0 Å². The number of ether oxygens (including phenoxy) is 1. The van der Waals surface area contributed by atoms with Crippen LogP contribution in [0, 0.1) is 5.92 Å². The highest BCUT2D eigenvalue weighted by Crippen LogP contribution is 2.35. The average molecular weight is 479 g/mol. The maximum atomic E-state index is 13.2. The van der Waals surface area contributed by atoms with E-state index in [1.54, 1.807) is 12.1 Å². The summed E-state index contributed by atoms with van der Waals surface area (Å²) in [6.45, 7) is 3.44. The van der Waals surface area contributed by atoms with Crippen molar-refractivity contribution in [1.29, 1.82) is 0 Å². The highest BCUT2D eigenvalue weighted by Gasteiger charge is 2.34. The number of rotatable bonds is 5. The van der Waals surface area contributed by atoms with Gasteiger partial charge in [-0.05, 0) is 41.4 Å². The van der Waals surface area contributed by atoms with Gasteiger partial charge >= 0.3 is 12.2 Å². The molecule has 2 atom stereocenters. The van der Waals surface area contributed by atoms with Crippen molar-refractivity contribution in [3.8, 4) is 0 Å². The Hall–Kier alpha value is -2.19. The van der Waals surface area contributed by atoms with E-state index in [1.807, 2.05) is 39.8 Å².